The first kappa shape index (κ1) is 10.9. The highest BCUT2D eigenvalue weighted by molar-refractivity contribution is 9.09. The van der Waals surface area contributed by atoms with Crippen molar-refractivity contribution in [1.29, 1.82) is 0 Å². The molecule has 1 aliphatic heterocycles. The molecule has 1 saturated heterocycles. The number of aliphatic hydroxyl groups is 3. The smallest absolute Gasteiger partial charge is 0.182 e. The predicted octanol–water partition coefficient (Wildman–Crippen LogP) is -0.416. The topological polar surface area (TPSA) is 69.9 Å². The van der Waals surface area contributed by atoms with Crippen molar-refractivity contribution in [3.63, 3.8) is 0 Å². The highest BCUT2D eigenvalue weighted by Crippen LogP contribution is 2.26. The highest BCUT2D eigenvalue weighted by atomic mass is 79.9. The average Bonchev–Trinajstić information content (AvgIpc) is 2.08. The van der Waals surface area contributed by atoms with Gasteiger partial charge in [-0.3, -0.25) is 0 Å². The zero-order valence-corrected chi connectivity index (χ0v) is 9.27. The molecule has 0 amide bonds. The molecule has 4 nitrogen and oxygen atoms in total. The Bertz CT molecular complexity index is 152. The predicted molar refractivity (Wildman–Crippen MR) is 49.4 cm³/mol. The maximum atomic E-state index is 9.45. The summed E-state index contributed by atoms with van der Waals surface area (Å²) in [4.78, 5) is -0.552. The molecule has 0 saturated carbocycles. The van der Waals surface area contributed by atoms with E-state index in [1.807, 2.05) is 0 Å². The molecule has 0 aromatic carbocycles. The third-order valence-electron chi connectivity index (χ3n) is 1.79. The van der Waals surface area contributed by atoms with Crippen LogP contribution in [0.1, 0.15) is 0 Å². The molecule has 72 valence electrons. The van der Waals surface area contributed by atoms with Gasteiger partial charge in [-0.15, -0.1) is 0 Å². The van der Waals surface area contributed by atoms with Crippen molar-refractivity contribution in [2.75, 3.05) is 5.33 Å². The lowest BCUT2D eigenvalue weighted by atomic mass is 10.0. The first-order valence-corrected chi connectivity index (χ1v) is 5.51. The highest BCUT2D eigenvalue weighted by Gasteiger charge is 2.41. The number of hydrogen-bond acceptors (Lipinski definition) is 4. The second-order valence-corrected chi connectivity index (χ2v) is 4.35. The lowest BCUT2D eigenvalue weighted by Crippen LogP contribution is -2.55. The first-order chi connectivity index (χ1) is 5.57. The Morgan fingerprint density at radius 2 is 1.75 bits per heavy atom. The molecule has 1 heterocycles. The molecule has 12 heavy (non-hydrogen) atoms. The second kappa shape index (κ2) is 4.34. The molecule has 0 aromatic heterocycles. The molecule has 0 spiro atoms. The Morgan fingerprint density at radius 3 is 2.25 bits per heavy atom. The molecule has 0 radical (unpaired) electrons. The van der Waals surface area contributed by atoms with Crippen LogP contribution in [0.15, 0.2) is 0 Å². The monoisotopic (exact) mass is 304 g/mol. The zero-order valence-electron chi connectivity index (χ0n) is 6.10. The molecule has 0 unspecified atom stereocenters. The van der Waals surface area contributed by atoms with Gasteiger partial charge in [-0.2, -0.15) is 0 Å². The van der Waals surface area contributed by atoms with Crippen LogP contribution in [0.5, 0.6) is 0 Å². The summed E-state index contributed by atoms with van der Waals surface area (Å²) in [6.07, 6.45) is -3.63. The van der Waals surface area contributed by atoms with Crippen molar-refractivity contribution in [1.82, 2.24) is 0 Å². The van der Waals surface area contributed by atoms with Gasteiger partial charge >= 0.3 is 0 Å². The average molecular weight is 306 g/mol. The number of alkyl halides is 2. The number of rotatable bonds is 1. The molecular weight excluding hydrogens is 296 g/mol. The van der Waals surface area contributed by atoms with E-state index >= 15 is 0 Å². The second-order valence-electron chi connectivity index (χ2n) is 2.65. The van der Waals surface area contributed by atoms with Gasteiger partial charge in [-0.1, -0.05) is 31.9 Å². The van der Waals surface area contributed by atoms with Gasteiger partial charge in [-0.25, -0.2) is 0 Å². The van der Waals surface area contributed by atoms with Gasteiger partial charge in [0.1, 0.15) is 6.10 Å². The minimum Gasteiger partial charge on any atom is -0.389 e. The molecule has 0 bridgehead atoms. The van der Waals surface area contributed by atoms with E-state index in [0.29, 0.717) is 5.33 Å². The van der Waals surface area contributed by atoms with Crippen LogP contribution in [-0.2, 0) is 4.74 Å². The fraction of sp³-hybridized carbons (Fsp3) is 1.00. The molecule has 0 aliphatic carbocycles. The Labute approximate surface area is 86.8 Å². The molecular formula is C6H10Br2O4. The van der Waals surface area contributed by atoms with Crippen LogP contribution in [0, 0.1) is 0 Å². The van der Waals surface area contributed by atoms with Crippen LogP contribution >= 0.6 is 31.9 Å². The number of halogens is 2. The van der Waals surface area contributed by atoms with Crippen molar-refractivity contribution in [2.45, 2.75) is 29.4 Å². The van der Waals surface area contributed by atoms with Gasteiger partial charge in [0, 0.05) is 5.33 Å². The molecule has 3 N–H and O–H groups in total. The Morgan fingerprint density at radius 1 is 1.17 bits per heavy atom. The van der Waals surface area contributed by atoms with Gasteiger partial charge in [0.2, 0.25) is 0 Å². The lowest BCUT2D eigenvalue weighted by Gasteiger charge is -2.37. The van der Waals surface area contributed by atoms with Crippen LogP contribution in [0.25, 0.3) is 0 Å². The van der Waals surface area contributed by atoms with E-state index < -0.39 is 29.4 Å². The van der Waals surface area contributed by atoms with Crippen molar-refractivity contribution in [3.8, 4) is 0 Å². The quantitative estimate of drug-likeness (QED) is 0.576. The number of hydrogen-bond donors (Lipinski definition) is 3. The Kier molecular flexibility index (Phi) is 3.94. The standard InChI is InChI=1S/C6H10Br2O4/c7-1-2-4(9)3(8)5(10)6(11)12-2/h2-6,9-11H,1H2/t2-,3-,4-,5-,6+/m1/s1. The summed E-state index contributed by atoms with van der Waals surface area (Å²) in [5.41, 5.74) is 0. The van der Waals surface area contributed by atoms with Crippen LogP contribution in [0.4, 0.5) is 0 Å². The van der Waals surface area contributed by atoms with Crippen LogP contribution < -0.4 is 0 Å². The SMILES string of the molecule is O[C@@H]1[C@H](Br)[C@H](O)[C@@H](CBr)O[C@@H]1O. The van der Waals surface area contributed by atoms with E-state index in [2.05, 4.69) is 31.9 Å². The van der Waals surface area contributed by atoms with E-state index in [4.69, 9.17) is 9.84 Å². The van der Waals surface area contributed by atoms with Gasteiger partial charge < -0.3 is 20.1 Å². The number of ether oxygens (including phenoxy) is 1. The minimum atomic E-state index is -1.24. The zero-order chi connectivity index (χ0) is 9.30. The van der Waals surface area contributed by atoms with Crippen LogP contribution in [-0.4, -0.2) is 50.1 Å². The van der Waals surface area contributed by atoms with E-state index in [0.717, 1.165) is 0 Å². The van der Waals surface area contributed by atoms with E-state index in [1.165, 1.54) is 0 Å². The molecule has 5 atom stereocenters. The summed E-state index contributed by atoms with van der Waals surface area (Å²) in [6.45, 7) is 0. The van der Waals surface area contributed by atoms with Gasteiger partial charge in [-0.05, 0) is 0 Å². The number of aliphatic hydroxyl groups excluding tert-OH is 3. The molecule has 1 rings (SSSR count). The van der Waals surface area contributed by atoms with Gasteiger partial charge in [0.05, 0.1) is 17.0 Å². The van der Waals surface area contributed by atoms with Crippen molar-refractivity contribution >= 4 is 31.9 Å². The fourth-order valence-corrected chi connectivity index (χ4v) is 2.17. The van der Waals surface area contributed by atoms with Gasteiger partial charge in [0.25, 0.3) is 0 Å². The van der Waals surface area contributed by atoms with E-state index in [1.54, 1.807) is 0 Å². The van der Waals surface area contributed by atoms with Gasteiger partial charge in [0.15, 0.2) is 6.29 Å². The Hall–Kier alpha value is 0.800. The van der Waals surface area contributed by atoms with E-state index in [-0.39, 0.29) is 0 Å². The van der Waals surface area contributed by atoms with Crippen LogP contribution in [0.3, 0.4) is 0 Å². The maximum Gasteiger partial charge on any atom is 0.182 e. The maximum absolute atomic E-state index is 9.45. The summed E-state index contributed by atoms with van der Waals surface area (Å²) >= 11 is 6.21. The molecule has 6 heteroatoms. The summed E-state index contributed by atoms with van der Waals surface area (Å²) in [7, 11) is 0. The van der Waals surface area contributed by atoms with Crippen molar-refractivity contribution in [2.24, 2.45) is 0 Å². The summed E-state index contributed by atoms with van der Waals surface area (Å²) in [6, 6.07) is 0. The first-order valence-electron chi connectivity index (χ1n) is 3.47. The fourth-order valence-electron chi connectivity index (χ4n) is 1.03. The molecule has 1 fully saturated rings. The van der Waals surface area contributed by atoms with Crippen LogP contribution in [0.2, 0.25) is 0 Å². The Balaban J connectivity index is 2.63. The largest absolute Gasteiger partial charge is 0.389 e. The molecule has 0 aromatic rings. The minimum absolute atomic E-state index is 0.417. The van der Waals surface area contributed by atoms with Crippen molar-refractivity contribution in [3.05, 3.63) is 0 Å². The molecule has 1 aliphatic rings. The third kappa shape index (κ3) is 2.00. The summed E-state index contributed by atoms with van der Waals surface area (Å²) in [5, 5.41) is 28.2. The summed E-state index contributed by atoms with van der Waals surface area (Å²) < 4.78 is 4.91. The lowest BCUT2D eigenvalue weighted by molar-refractivity contribution is -0.234. The van der Waals surface area contributed by atoms with E-state index in [9.17, 15) is 10.2 Å². The third-order valence-corrected chi connectivity index (χ3v) is 3.51. The normalized spacial score (nSPS) is 49.2. The van der Waals surface area contributed by atoms with Crippen molar-refractivity contribution < 1.29 is 20.1 Å². The summed E-state index contributed by atoms with van der Waals surface area (Å²) in [5.74, 6) is 0.